The lowest BCUT2D eigenvalue weighted by Crippen LogP contribution is -2.56. The summed E-state index contributed by atoms with van der Waals surface area (Å²) in [7, 11) is 0. The molecule has 0 radical (unpaired) electrons. The molecular weight excluding hydrogens is 542 g/mol. The van der Waals surface area contributed by atoms with Gasteiger partial charge in [0.2, 0.25) is 11.8 Å². The topological polar surface area (TPSA) is 165 Å². The molecule has 0 unspecified atom stereocenters. The number of nitrogens with zero attached hydrogens (tertiary/aromatic N) is 1. The highest BCUT2D eigenvalue weighted by atomic mass is 16.6. The van der Waals surface area contributed by atoms with Gasteiger partial charge in [0.25, 0.3) is 0 Å². The van der Waals surface area contributed by atoms with E-state index in [1.54, 1.807) is 45.0 Å². The minimum absolute atomic E-state index is 0.0185. The molecule has 1 aliphatic heterocycles. The molecule has 234 valence electrons. The second-order valence-corrected chi connectivity index (χ2v) is 11.8. The minimum atomic E-state index is -1.36. The predicted molar refractivity (Wildman–Crippen MR) is 156 cm³/mol. The van der Waals surface area contributed by atoms with Gasteiger partial charge in [-0.25, -0.2) is 4.79 Å². The van der Waals surface area contributed by atoms with Crippen molar-refractivity contribution in [3.05, 3.63) is 35.9 Å². The lowest BCUT2D eigenvalue weighted by atomic mass is 9.99. The summed E-state index contributed by atoms with van der Waals surface area (Å²) >= 11 is 0. The number of carboxylic acid groups (broad SMARTS) is 1. The molecule has 6 atom stereocenters. The van der Waals surface area contributed by atoms with Crippen LogP contribution >= 0.6 is 0 Å². The van der Waals surface area contributed by atoms with E-state index < -0.39 is 60.6 Å². The number of esters is 2. The van der Waals surface area contributed by atoms with Crippen molar-refractivity contribution in [3.63, 3.8) is 0 Å². The van der Waals surface area contributed by atoms with Gasteiger partial charge in [-0.3, -0.25) is 19.2 Å². The van der Waals surface area contributed by atoms with Crippen molar-refractivity contribution in [1.29, 1.82) is 0 Å². The van der Waals surface area contributed by atoms with Crippen molar-refractivity contribution in [2.75, 3.05) is 6.54 Å². The van der Waals surface area contributed by atoms with Crippen LogP contribution in [0.3, 0.4) is 0 Å². The summed E-state index contributed by atoms with van der Waals surface area (Å²) in [5, 5.41) is 12.5. The molecule has 0 spiro atoms. The number of nitrogens with two attached hydrogens (primary N) is 1. The van der Waals surface area contributed by atoms with E-state index in [9.17, 15) is 29.1 Å². The number of carbonyl (C=O) groups excluding carboxylic acids is 4. The third-order valence-electron chi connectivity index (χ3n) is 7.51. The maximum Gasteiger partial charge on any atom is 0.329 e. The molecule has 1 aromatic carbocycles. The maximum absolute atomic E-state index is 13.7. The fourth-order valence-electron chi connectivity index (χ4n) is 4.82. The smallest absolute Gasteiger partial charge is 0.329 e. The second-order valence-electron chi connectivity index (χ2n) is 11.8. The van der Waals surface area contributed by atoms with Gasteiger partial charge in [-0.15, -0.1) is 0 Å². The largest absolute Gasteiger partial charge is 0.481 e. The number of carbonyl (C=O) groups is 5. The Morgan fingerprint density at radius 2 is 1.69 bits per heavy atom. The molecule has 2 rings (SSSR count). The number of hydrogen-bond donors (Lipinski definition) is 3. The minimum Gasteiger partial charge on any atom is -0.481 e. The normalized spacial score (nSPS) is 19.6. The molecule has 2 amide bonds. The first-order valence-electron chi connectivity index (χ1n) is 14.8. The SMILES string of the molecule is CC[C@@H](C)C(=O)N[C@H](Cc1ccccc1)C(=O)O[C@@H](CC(=O)O)[C@@H]1[C@@H](OC(=O)CC(C)C)CCN1C(=O)[C@@H](N)C(C)C. The van der Waals surface area contributed by atoms with E-state index in [2.05, 4.69) is 5.32 Å². The van der Waals surface area contributed by atoms with Gasteiger partial charge in [0.05, 0.1) is 12.5 Å². The third-order valence-corrected chi connectivity index (χ3v) is 7.51. The summed E-state index contributed by atoms with van der Waals surface area (Å²) in [6.45, 7) is 11.0. The van der Waals surface area contributed by atoms with Gasteiger partial charge >= 0.3 is 17.9 Å². The third kappa shape index (κ3) is 10.1. The van der Waals surface area contributed by atoms with E-state index in [4.69, 9.17) is 15.2 Å². The number of nitrogens with one attached hydrogen (secondary N) is 1. The Balaban J connectivity index is 2.45. The number of benzene rings is 1. The van der Waals surface area contributed by atoms with E-state index >= 15 is 0 Å². The van der Waals surface area contributed by atoms with Crippen molar-refractivity contribution in [2.24, 2.45) is 23.5 Å². The molecule has 1 saturated heterocycles. The van der Waals surface area contributed by atoms with Crippen LogP contribution in [0.4, 0.5) is 0 Å². The first-order chi connectivity index (χ1) is 19.7. The van der Waals surface area contributed by atoms with E-state index in [-0.39, 0.29) is 49.5 Å². The number of ether oxygens (including phenoxy) is 2. The number of amides is 2. The molecular formula is C31H47N3O8. The van der Waals surface area contributed by atoms with Crippen molar-refractivity contribution < 1.29 is 38.6 Å². The highest BCUT2D eigenvalue weighted by molar-refractivity contribution is 5.86. The van der Waals surface area contributed by atoms with E-state index in [0.29, 0.717) is 6.42 Å². The van der Waals surface area contributed by atoms with Crippen LogP contribution in [0.5, 0.6) is 0 Å². The van der Waals surface area contributed by atoms with Crippen LogP contribution in [0.2, 0.25) is 0 Å². The van der Waals surface area contributed by atoms with Crippen molar-refractivity contribution in [1.82, 2.24) is 10.2 Å². The Labute approximate surface area is 248 Å². The molecule has 0 saturated carbocycles. The first kappa shape index (κ1) is 34.7. The van der Waals surface area contributed by atoms with Gasteiger partial charge in [-0.05, 0) is 23.8 Å². The quantitative estimate of drug-likeness (QED) is 0.261. The Bertz CT molecular complexity index is 1080. The van der Waals surface area contributed by atoms with Crippen LogP contribution in [0.15, 0.2) is 30.3 Å². The molecule has 0 bridgehead atoms. The Hall–Kier alpha value is -3.47. The molecule has 1 heterocycles. The van der Waals surface area contributed by atoms with Crippen LogP contribution in [-0.2, 0) is 39.9 Å². The molecule has 11 heteroatoms. The molecule has 1 aliphatic rings. The molecule has 1 aromatic rings. The Morgan fingerprint density at radius 1 is 1.05 bits per heavy atom. The molecule has 42 heavy (non-hydrogen) atoms. The summed E-state index contributed by atoms with van der Waals surface area (Å²) in [6.07, 6.45) is -1.88. The van der Waals surface area contributed by atoms with Gasteiger partial charge in [-0.1, -0.05) is 71.9 Å². The zero-order valence-corrected chi connectivity index (χ0v) is 25.6. The molecule has 0 aromatic heterocycles. The fourth-order valence-corrected chi connectivity index (χ4v) is 4.82. The van der Waals surface area contributed by atoms with Gasteiger partial charge in [0.15, 0.2) is 0 Å². The zero-order chi connectivity index (χ0) is 31.6. The van der Waals surface area contributed by atoms with E-state index in [1.807, 2.05) is 26.8 Å². The van der Waals surface area contributed by atoms with Crippen molar-refractivity contribution >= 4 is 29.7 Å². The van der Waals surface area contributed by atoms with Crippen LogP contribution in [0.25, 0.3) is 0 Å². The van der Waals surface area contributed by atoms with Crippen molar-refractivity contribution in [3.8, 4) is 0 Å². The van der Waals surface area contributed by atoms with E-state index in [1.165, 1.54) is 4.90 Å². The van der Waals surface area contributed by atoms with Crippen molar-refractivity contribution in [2.45, 2.75) is 104 Å². The fraction of sp³-hybridized carbons (Fsp3) is 0.645. The van der Waals surface area contributed by atoms with Gasteiger partial charge in [0.1, 0.15) is 24.3 Å². The lowest BCUT2D eigenvalue weighted by Gasteiger charge is -2.36. The number of aliphatic carboxylic acids is 1. The van der Waals surface area contributed by atoms with Gasteiger partial charge in [-0.2, -0.15) is 0 Å². The second kappa shape index (κ2) is 16.2. The molecule has 0 aliphatic carbocycles. The number of rotatable bonds is 15. The zero-order valence-electron chi connectivity index (χ0n) is 25.6. The van der Waals surface area contributed by atoms with Crippen LogP contribution in [-0.4, -0.2) is 76.6 Å². The van der Waals surface area contributed by atoms with Crippen LogP contribution < -0.4 is 11.1 Å². The highest BCUT2D eigenvalue weighted by Crippen LogP contribution is 2.29. The summed E-state index contributed by atoms with van der Waals surface area (Å²) < 4.78 is 11.6. The summed E-state index contributed by atoms with van der Waals surface area (Å²) in [5.74, 6) is -3.96. The highest BCUT2D eigenvalue weighted by Gasteiger charge is 2.48. The number of carboxylic acids is 1. The Morgan fingerprint density at radius 3 is 2.24 bits per heavy atom. The summed E-state index contributed by atoms with van der Waals surface area (Å²) in [5.41, 5.74) is 6.94. The number of hydrogen-bond acceptors (Lipinski definition) is 8. The average molecular weight is 590 g/mol. The molecule has 11 nitrogen and oxygen atoms in total. The first-order valence-corrected chi connectivity index (χ1v) is 14.8. The monoisotopic (exact) mass is 589 g/mol. The van der Waals surface area contributed by atoms with Gasteiger partial charge in [0, 0.05) is 31.7 Å². The maximum atomic E-state index is 13.7. The summed E-state index contributed by atoms with van der Waals surface area (Å²) in [4.78, 5) is 65.9. The van der Waals surface area contributed by atoms with Crippen LogP contribution in [0, 0.1) is 17.8 Å². The standard InChI is InChI=1S/C31H47N3O8/c1-7-20(6)29(38)33-22(16-21-11-9-8-10-12-21)31(40)42-24(17-25(35)36)28-23(41-26(37)15-18(2)3)13-14-34(28)30(39)27(32)19(4)5/h8-12,18-20,22-24,27-28H,7,13-17,32H2,1-6H3,(H,33,38)(H,35,36)/t20-,22-,23+,24+,27+,28+/m1/s1. The number of likely N-dealkylation sites (tertiary alicyclic amines) is 1. The predicted octanol–water partition coefficient (Wildman–Crippen LogP) is 2.69. The lowest BCUT2D eigenvalue weighted by molar-refractivity contribution is -0.168. The average Bonchev–Trinajstić information content (AvgIpc) is 3.33. The van der Waals surface area contributed by atoms with Crippen LogP contribution in [0.1, 0.15) is 72.8 Å². The van der Waals surface area contributed by atoms with E-state index in [0.717, 1.165) is 5.56 Å². The molecule has 1 fully saturated rings. The van der Waals surface area contributed by atoms with Gasteiger partial charge < -0.3 is 30.5 Å². The molecule has 4 N–H and O–H groups in total. The summed E-state index contributed by atoms with van der Waals surface area (Å²) in [6, 6.07) is 5.97. The Kier molecular flexibility index (Phi) is 13.4.